The second-order valence-corrected chi connectivity index (χ2v) is 4.95. The Balaban J connectivity index is 3.75. The second kappa shape index (κ2) is 4.54. The standard InChI is InChI=1S/C5H11NOS3/c1-5(2,4(7)8)3-9-10-6/h3,6H2,1-2H3,(H,7,8). The Bertz CT molecular complexity index is 126. The van der Waals surface area contributed by atoms with E-state index >= 15 is 0 Å². The van der Waals surface area contributed by atoms with Gasteiger partial charge in [0.2, 0.25) is 0 Å². The van der Waals surface area contributed by atoms with Crippen molar-refractivity contribution >= 4 is 39.5 Å². The van der Waals surface area contributed by atoms with Crippen LogP contribution < -0.4 is 5.14 Å². The van der Waals surface area contributed by atoms with Gasteiger partial charge in [-0.2, -0.15) is 0 Å². The van der Waals surface area contributed by atoms with Gasteiger partial charge < -0.3 is 0 Å². The first-order chi connectivity index (χ1) is 4.50. The van der Waals surface area contributed by atoms with Crippen molar-refractivity contribution in [3.8, 4) is 0 Å². The molecule has 0 aromatic heterocycles. The molecule has 0 fully saturated rings. The molecule has 0 rings (SSSR count). The minimum atomic E-state index is -0.361. The molecule has 0 heterocycles. The lowest BCUT2D eigenvalue weighted by Gasteiger charge is -2.17. The molecule has 60 valence electrons. The lowest BCUT2D eigenvalue weighted by atomic mass is 9.99. The molecule has 0 saturated carbocycles. The topological polar surface area (TPSA) is 43.1 Å². The van der Waals surface area contributed by atoms with Crippen LogP contribution in [0, 0.1) is 5.41 Å². The summed E-state index contributed by atoms with van der Waals surface area (Å²) in [6.07, 6.45) is 0. The van der Waals surface area contributed by atoms with Gasteiger partial charge in [0.05, 0.1) is 0 Å². The zero-order valence-corrected chi connectivity index (χ0v) is 8.48. The maximum Gasteiger partial charge on any atom is 0.192 e. The molecule has 0 bridgehead atoms. The van der Waals surface area contributed by atoms with Crippen molar-refractivity contribution in [1.29, 1.82) is 0 Å². The fourth-order valence-corrected chi connectivity index (χ4v) is 2.01. The maximum atomic E-state index is 10.8. The zero-order chi connectivity index (χ0) is 8.20. The monoisotopic (exact) mass is 197 g/mol. The molecule has 0 amide bonds. The first-order valence-electron chi connectivity index (χ1n) is 2.72. The summed E-state index contributed by atoms with van der Waals surface area (Å²) < 4.78 is 0. The highest BCUT2D eigenvalue weighted by Crippen LogP contribution is 2.28. The first kappa shape index (κ1) is 10.7. The van der Waals surface area contributed by atoms with Crippen molar-refractivity contribution in [2.24, 2.45) is 10.6 Å². The van der Waals surface area contributed by atoms with Crippen LogP contribution in [0.1, 0.15) is 13.8 Å². The molecule has 0 spiro atoms. The smallest absolute Gasteiger partial charge is 0.192 e. The Morgan fingerprint density at radius 2 is 2.20 bits per heavy atom. The minimum Gasteiger partial charge on any atom is -0.287 e. The summed E-state index contributed by atoms with van der Waals surface area (Å²) in [4.78, 5) is 10.8. The fraction of sp³-hybridized carbons (Fsp3) is 0.800. The average Bonchev–Trinajstić information content (AvgIpc) is 1.84. The number of carbonyl (C=O) groups is 1. The van der Waals surface area contributed by atoms with E-state index in [1.807, 2.05) is 13.8 Å². The summed E-state index contributed by atoms with van der Waals surface area (Å²) in [5, 5.41) is 5.09. The van der Waals surface area contributed by atoms with E-state index in [9.17, 15) is 4.79 Å². The Morgan fingerprint density at radius 1 is 1.70 bits per heavy atom. The van der Waals surface area contributed by atoms with Gasteiger partial charge in [0, 0.05) is 11.2 Å². The van der Waals surface area contributed by atoms with Gasteiger partial charge in [-0.1, -0.05) is 24.6 Å². The van der Waals surface area contributed by atoms with E-state index in [0.29, 0.717) is 5.75 Å². The van der Waals surface area contributed by atoms with Gasteiger partial charge in [-0.3, -0.25) is 9.93 Å². The molecule has 0 aliphatic carbocycles. The molecule has 0 aromatic rings. The van der Waals surface area contributed by atoms with E-state index in [4.69, 9.17) is 5.14 Å². The van der Waals surface area contributed by atoms with Crippen LogP contribution in [0.25, 0.3) is 0 Å². The highest BCUT2D eigenvalue weighted by atomic mass is 33.1. The van der Waals surface area contributed by atoms with Crippen LogP contribution in [0.2, 0.25) is 0 Å². The van der Waals surface area contributed by atoms with E-state index in [0.717, 1.165) is 0 Å². The number of hydrogen-bond donors (Lipinski definition) is 2. The lowest BCUT2D eigenvalue weighted by Crippen LogP contribution is -2.22. The van der Waals surface area contributed by atoms with Crippen LogP contribution in [0.4, 0.5) is 0 Å². The summed E-state index contributed by atoms with van der Waals surface area (Å²) in [5.74, 6) is 0.705. The molecule has 0 aliphatic rings. The summed E-state index contributed by atoms with van der Waals surface area (Å²) >= 11 is 3.75. The maximum absolute atomic E-state index is 10.8. The second-order valence-electron chi connectivity index (χ2n) is 2.55. The van der Waals surface area contributed by atoms with Gasteiger partial charge in [-0.15, -0.1) is 12.6 Å². The molecule has 0 radical (unpaired) electrons. The van der Waals surface area contributed by atoms with Crippen molar-refractivity contribution in [1.82, 2.24) is 0 Å². The van der Waals surface area contributed by atoms with Crippen molar-refractivity contribution in [3.05, 3.63) is 0 Å². The summed E-state index contributed by atoms with van der Waals surface area (Å²) in [6.45, 7) is 3.71. The molecule has 2 nitrogen and oxygen atoms in total. The Morgan fingerprint density at radius 3 is 2.50 bits per heavy atom. The van der Waals surface area contributed by atoms with E-state index < -0.39 is 0 Å². The normalized spacial score (nSPS) is 11.6. The third-order valence-corrected chi connectivity index (χ3v) is 3.41. The predicted molar refractivity (Wildman–Crippen MR) is 52.0 cm³/mol. The molecule has 0 aliphatic heterocycles. The Labute approximate surface area is 74.6 Å². The van der Waals surface area contributed by atoms with Crippen molar-refractivity contribution < 1.29 is 4.79 Å². The van der Waals surface area contributed by atoms with Crippen LogP contribution in [0.3, 0.4) is 0 Å². The van der Waals surface area contributed by atoms with Gasteiger partial charge >= 0.3 is 0 Å². The van der Waals surface area contributed by atoms with Gasteiger partial charge in [0.15, 0.2) is 5.12 Å². The quantitative estimate of drug-likeness (QED) is 0.409. The average molecular weight is 197 g/mol. The summed E-state index contributed by atoms with van der Waals surface area (Å²) in [5.41, 5.74) is -0.361. The molecule has 0 saturated heterocycles. The molecular formula is C5H11NOS3. The highest BCUT2D eigenvalue weighted by molar-refractivity contribution is 8.75. The zero-order valence-electron chi connectivity index (χ0n) is 5.96. The Kier molecular flexibility index (Phi) is 4.84. The van der Waals surface area contributed by atoms with Crippen LogP contribution in [0.15, 0.2) is 0 Å². The molecule has 0 aromatic carbocycles. The van der Waals surface area contributed by atoms with Crippen molar-refractivity contribution in [3.63, 3.8) is 0 Å². The number of carbonyl (C=O) groups excluding carboxylic acids is 1. The van der Waals surface area contributed by atoms with Gasteiger partial charge in [-0.05, 0) is 11.0 Å². The molecule has 5 heteroatoms. The van der Waals surface area contributed by atoms with Gasteiger partial charge in [0.1, 0.15) is 0 Å². The lowest BCUT2D eigenvalue weighted by molar-refractivity contribution is -0.116. The largest absolute Gasteiger partial charge is 0.287 e. The number of rotatable bonds is 4. The van der Waals surface area contributed by atoms with Gasteiger partial charge in [0.25, 0.3) is 0 Å². The Hall–Kier alpha value is 0.680. The molecular weight excluding hydrogens is 186 g/mol. The van der Waals surface area contributed by atoms with Crippen LogP contribution in [-0.4, -0.2) is 10.9 Å². The van der Waals surface area contributed by atoms with Gasteiger partial charge in [-0.25, -0.2) is 0 Å². The third-order valence-electron chi connectivity index (χ3n) is 1.07. The molecule has 10 heavy (non-hydrogen) atoms. The van der Waals surface area contributed by atoms with E-state index in [-0.39, 0.29) is 10.5 Å². The predicted octanol–water partition coefficient (Wildman–Crippen LogP) is 1.72. The highest BCUT2D eigenvalue weighted by Gasteiger charge is 2.24. The first-order valence-corrected chi connectivity index (χ1v) is 5.55. The molecule has 0 atom stereocenters. The summed E-state index contributed by atoms with van der Waals surface area (Å²) in [7, 11) is 2.64. The third kappa shape index (κ3) is 3.75. The molecule has 0 unspecified atom stereocenters. The van der Waals surface area contributed by atoms with Crippen molar-refractivity contribution in [2.45, 2.75) is 13.8 Å². The molecule has 2 N–H and O–H groups in total. The number of thiol groups is 1. The number of nitrogens with two attached hydrogens (primary N) is 1. The van der Waals surface area contributed by atoms with E-state index in [1.165, 1.54) is 21.8 Å². The van der Waals surface area contributed by atoms with Crippen LogP contribution in [0.5, 0.6) is 0 Å². The van der Waals surface area contributed by atoms with E-state index in [2.05, 4.69) is 12.6 Å². The van der Waals surface area contributed by atoms with Crippen LogP contribution in [-0.2, 0) is 4.79 Å². The number of hydrogen-bond acceptors (Lipinski definition) is 4. The fourth-order valence-electron chi connectivity index (χ4n) is 0.243. The summed E-state index contributed by atoms with van der Waals surface area (Å²) in [6, 6.07) is 0. The van der Waals surface area contributed by atoms with Crippen LogP contribution >= 0.6 is 34.4 Å². The minimum absolute atomic E-state index is 0.0888. The SMILES string of the molecule is CC(C)(CSSN)C(=O)S. The van der Waals surface area contributed by atoms with E-state index in [1.54, 1.807) is 0 Å². The van der Waals surface area contributed by atoms with Crippen molar-refractivity contribution in [2.75, 3.05) is 5.75 Å².